The van der Waals surface area contributed by atoms with Crippen LogP contribution in [0.25, 0.3) is 5.69 Å². The summed E-state index contributed by atoms with van der Waals surface area (Å²) < 4.78 is 1.70. The largest absolute Gasteiger partial charge is 0.337 e. The molecule has 0 bridgehead atoms. The Labute approximate surface area is 147 Å². The summed E-state index contributed by atoms with van der Waals surface area (Å²) in [6, 6.07) is 6.50. The van der Waals surface area contributed by atoms with Crippen LogP contribution in [-0.4, -0.2) is 48.9 Å². The average molecular weight is 347 g/mol. The van der Waals surface area contributed by atoms with E-state index in [0.717, 1.165) is 16.8 Å². The molecule has 0 fully saturated rings. The van der Waals surface area contributed by atoms with Crippen molar-refractivity contribution in [3.63, 3.8) is 0 Å². The summed E-state index contributed by atoms with van der Waals surface area (Å²) in [4.78, 5) is 14.4. The number of rotatable bonds is 6. The zero-order valence-corrected chi connectivity index (χ0v) is 16.0. The standard InChI is InChI=1S/C17H25N5OS/c1-11(2)21(12(3)4)16(23)10-24-17-18-19-20-22(17)15-9-13(5)7-8-14(15)6/h7-9,11-12H,10H2,1-6H3. The van der Waals surface area contributed by atoms with Crippen molar-refractivity contribution < 1.29 is 4.79 Å². The van der Waals surface area contributed by atoms with Crippen molar-refractivity contribution in [2.45, 2.75) is 58.8 Å². The summed E-state index contributed by atoms with van der Waals surface area (Å²) in [7, 11) is 0. The summed E-state index contributed by atoms with van der Waals surface area (Å²) in [5.41, 5.74) is 3.18. The topological polar surface area (TPSA) is 63.9 Å². The van der Waals surface area contributed by atoms with E-state index in [4.69, 9.17) is 0 Å². The van der Waals surface area contributed by atoms with Crippen LogP contribution in [0.5, 0.6) is 0 Å². The van der Waals surface area contributed by atoms with Gasteiger partial charge < -0.3 is 4.90 Å². The zero-order chi connectivity index (χ0) is 17.9. The van der Waals surface area contributed by atoms with E-state index in [9.17, 15) is 4.79 Å². The molecule has 1 aromatic heterocycles. The molecule has 0 aliphatic rings. The van der Waals surface area contributed by atoms with Gasteiger partial charge >= 0.3 is 0 Å². The van der Waals surface area contributed by atoms with Gasteiger partial charge in [0.25, 0.3) is 0 Å². The number of thioether (sulfide) groups is 1. The summed E-state index contributed by atoms with van der Waals surface area (Å²) in [5, 5.41) is 12.6. The van der Waals surface area contributed by atoms with E-state index in [1.165, 1.54) is 11.8 Å². The van der Waals surface area contributed by atoms with Gasteiger partial charge in [0, 0.05) is 12.1 Å². The summed E-state index contributed by atoms with van der Waals surface area (Å²) in [5.74, 6) is 0.419. The van der Waals surface area contributed by atoms with E-state index in [0.29, 0.717) is 10.9 Å². The van der Waals surface area contributed by atoms with Gasteiger partial charge in [0.2, 0.25) is 11.1 Å². The highest BCUT2D eigenvalue weighted by Crippen LogP contribution is 2.22. The summed E-state index contributed by atoms with van der Waals surface area (Å²) in [6.07, 6.45) is 0. The maximum absolute atomic E-state index is 12.5. The number of carbonyl (C=O) groups is 1. The number of tetrazole rings is 1. The highest BCUT2D eigenvalue weighted by atomic mass is 32.2. The van der Waals surface area contributed by atoms with Gasteiger partial charge in [-0.2, -0.15) is 4.68 Å². The van der Waals surface area contributed by atoms with Crippen molar-refractivity contribution in [3.8, 4) is 5.69 Å². The van der Waals surface area contributed by atoms with Crippen LogP contribution in [0, 0.1) is 13.8 Å². The smallest absolute Gasteiger partial charge is 0.233 e. The fraction of sp³-hybridized carbons (Fsp3) is 0.529. The van der Waals surface area contributed by atoms with E-state index in [2.05, 4.69) is 21.6 Å². The summed E-state index contributed by atoms with van der Waals surface area (Å²) in [6.45, 7) is 12.2. The average Bonchev–Trinajstić information content (AvgIpc) is 2.95. The number of nitrogens with zero attached hydrogens (tertiary/aromatic N) is 5. The third-order valence-corrected chi connectivity index (χ3v) is 4.66. The van der Waals surface area contributed by atoms with E-state index < -0.39 is 0 Å². The van der Waals surface area contributed by atoms with Gasteiger partial charge in [-0.3, -0.25) is 4.79 Å². The van der Waals surface area contributed by atoms with Gasteiger partial charge in [-0.1, -0.05) is 23.9 Å². The van der Waals surface area contributed by atoms with E-state index >= 15 is 0 Å². The number of amides is 1. The Morgan fingerprint density at radius 2 is 1.88 bits per heavy atom. The molecule has 0 atom stereocenters. The molecule has 0 saturated carbocycles. The van der Waals surface area contributed by atoms with Gasteiger partial charge in [0.15, 0.2) is 0 Å². The van der Waals surface area contributed by atoms with Gasteiger partial charge in [-0.15, -0.1) is 5.10 Å². The van der Waals surface area contributed by atoms with Gasteiger partial charge in [0.1, 0.15) is 0 Å². The fourth-order valence-corrected chi connectivity index (χ4v) is 3.49. The van der Waals surface area contributed by atoms with Crippen molar-refractivity contribution in [1.29, 1.82) is 0 Å². The first-order valence-corrected chi connectivity index (χ1v) is 9.09. The maximum atomic E-state index is 12.5. The minimum Gasteiger partial charge on any atom is -0.337 e. The SMILES string of the molecule is Cc1ccc(C)c(-n2nnnc2SCC(=O)N(C(C)C)C(C)C)c1. The molecule has 24 heavy (non-hydrogen) atoms. The highest BCUT2D eigenvalue weighted by molar-refractivity contribution is 7.99. The van der Waals surface area contributed by atoms with Crippen LogP contribution >= 0.6 is 11.8 Å². The monoisotopic (exact) mass is 347 g/mol. The zero-order valence-electron chi connectivity index (χ0n) is 15.1. The highest BCUT2D eigenvalue weighted by Gasteiger charge is 2.21. The lowest BCUT2D eigenvalue weighted by molar-refractivity contribution is -0.131. The number of benzene rings is 1. The molecule has 2 aromatic rings. The van der Waals surface area contributed by atoms with Crippen molar-refractivity contribution in [1.82, 2.24) is 25.1 Å². The molecule has 130 valence electrons. The van der Waals surface area contributed by atoms with Crippen LogP contribution < -0.4 is 0 Å². The van der Waals surface area contributed by atoms with Crippen molar-refractivity contribution in [3.05, 3.63) is 29.3 Å². The Morgan fingerprint density at radius 1 is 1.21 bits per heavy atom. The number of aryl methyl sites for hydroxylation is 2. The lowest BCUT2D eigenvalue weighted by Gasteiger charge is -2.30. The molecule has 1 amide bonds. The number of aromatic nitrogens is 4. The molecular weight excluding hydrogens is 322 g/mol. The quantitative estimate of drug-likeness (QED) is 0.752. The van der Waals surface area contributed by atoms with Crippen molar-refractivity contribution in [2.75, 3.05) is 5.75 Å². The molecule has 2 rings (SSSR count). The lowest BCUT2D eigenvalue weighted by Crippen LogP contribution is -2.43. The summed E-state index contributed by atoms with van der Waals surface area (Å²) >= 11 is 1.37. The van der Waals surface area contributed by atoms with Crippen LogP contribution in [-0.2, 0) is 4.79 Å². The molecule has 0 aliphatic carbocycles. The Balaban J connectivity index is 2.17. The number of hydrogen-bond acceptors (Lipinski definition) is 5. The molecule has 0 aliphatic heterocycles. The normalized spacial score (nSPS) is 11.3. The minimum atomic E-state index is 0.0977. The van der Waals surface area contributed by atoms with E-state index in [1.807, 2.05) is 58.6 Å². The Kier molecular flexibility index (Phi) is 5.99. The Hall–Kier alpha value is -1.89. The Morgan fingerprint density at radius 3 is 2.50 bits per heavy atom. The van der Waals surface area contributed by atoms with Crippen LogP contribution in [0.4, 0.5) is 0 Å². The molecule has 0 N–H and O–H groups in total. The third kappa shape index (κ3) is 4.14. The first-order valence-electron chi connectivity index (χ1n) is 8.11. The van der Waals surface area contributed by atoms with Crippen LogP contribution in [0.3, 0.4) is 0 Å². The molecule has 7 heteroatoms. The maximum Gasteiger partial charge on any atom is 0.233 e. The van der Waals surface area contributed by atoms with Crippen molar-refractivity contribution >= 4 is 17.7 Å². The van der Waals surface area contributed by atoms with E-state index in [-0.39, 0.29) is 18.0 Å². The van der Waals surface area contributed by atoms with Crippen LogP contribution in [0.2, 0.25) is 0 Å². The predicted octanol–water partition coefficient (Wildman–Crippen LogP) is 3.02. The molecule has 1 aromatic carbocycles. The van der Waals surface area contributed by atoms with Gasteiger partial charge in [-0.05, 0) is 69.2 Å². The molecular formula is C17H25N5OS. The first-order chi connectivity index (χ1) is 11.3. The lowest BCUT2D eigenvalue weighted by atomic mass is 10.1. The van der Waals surface area contributed by atoms with Crippen LogP contribution in [0.15, 0.2) is 23.4 Å². The molecule has 1 heterocycles. The van der Waals surface area contributed by atoms with Gasteiger partial charge in [-0.25, -0.2) is 0 Å². The molecule has 6 nitrogen and oxygen atoms in total. The van der Waals surface area contributed by atoms with E-state index in [1.54, 1.807) is 4.68 Å². The molecule has 0 radical (unpaired) electrons. The number of hydrogen-bond donors (Lipinski definition) is 0. The second kappa shape index (κ2) is 7.79. The molecule has 0 spiro atoms. The minimum absolute atomic E-state index is 0.0977. The third-order valence-electron chi connectivity index (χ3n) is 3.76. The number of carbonyl (C=O) groups excluding carboxylic acids is 1. The second-order valence-corrected chi connectivity index (χ2v) is 7.38. The van der Waals surface area contributed by atoms with Crippen LogP contribution in [0.1, 0.15) is 38.8 Å². The molecule has 0 saturated heterocycles. The second-order valence-electron chi connectivity index (χ2n) is 6.44. The fourth-order valence-electron chi connectivity index (χ4n) is 2.74. The Bertz CT molecular complexity index is 703. The van der Waals surface area contributed by atoms with Gasteiger partial charge in [0.05, 0.1) is 11.4 Å². The van der Waals surface area contributed by atoms with Crippen molar-refractivity contribution in [2.24, 2.45) is 0 Å². The molecule has 0 unspecified atom stereocenters. The predicted molar refractivity (Wildman–Crippen MR) is 96.5 cm³/mol. The first kappa shape index (κ1) is 18.4.